The highest BCUT2D eigenvalue weighted by Gasteiger charge is 2.50. The summed E-state index contributed by atoms with van der Waals surface area (Å²) in [6.07, 6.45) is 4.10. The van der Waals surface area contributed by atoms with Crippen molar-refractivity contribution in [2.24, 2.45) is 0 Å². The summed E-state index contributed by atoms with van der Waals surface area (Å²) in [5, 5.41) is 0. The molecular formula is C21H20O7. The summed E-state index contributed by atoms with van der Waals surface area (Å²) >= 11 is 0. The number of hydrogen-bond donors (Lipinski definition) is 0. The van der Waals surface area contributed by atoms with Gasteiger partial charge >= 0.3 is 11.9 Å². The summed E-state index contributed by atoms with van der Waals surface area (Å²) in [5.41, 5.74) is -0.949. The molecule has 0 amide bonds. The third-order valence-electron chi connectivity index (χ3n) is 4.52. The van der Waals surface area contributed by atoms with Crippen LogP contribution in [0.4, 0.5) is 0 Å². The number of furan rings is 1. The van der Waals surface area contributed by atoms with E-state index in [1.807, 2.05) is 0 Å². The van der Waals surface area contributed by atoms with E-state index in [2.05, 4.69) is 0 Å². The van der Waals surface area contributed by atoms with E-state index in [9.17, 15) is 14.4 Å². The lowest BCUT2D eigenvalue weighted by molar-refractivity contribution is -0.163. The minimum absolute atomic E-state index is 0.0802. The maximum absolute atomic E-state index is 13.0. The molecule has 0 unspecified atom stereocenters. The molecule has 0 aromatic carbocycles. The zero-order chi connectivity index (χ0) is 20.3. The molecule has 0 atom stereocenters. The number of esters is 2. The van der Waals surface area contributed by atoms with E-state index in [1.54, 1.807) is 26.0 Å². The van der Waals surface area contributed by atoms with Gasteiger partial charge in [-0.05, 0) is 56.2 Å². The number of ether oxygens (including phenoxy) is 2. The van der Waals surface area contributed by atoms with Crippen molar-refractivity contribution in [3.05, 3.63) is 58.8 Å². The highest BCUT2D eigenvalue weighted by molar-refractivity contribution is 6.09. The fourth-order valence-electron chi connectivity index (χ4n) is 3.21. The summed E-state index contributed by atoms with van der Waals surface area (Å²) in [7, 11) is 0. The SMILES string of the molecule is CCOC(=O)C(C)(C(=O)OCC)c1c(-c2ccco2)cc(=O)c2coccc1-2. The van der Waals surface area contributed by atoms with Crippen LogP contribution in [-0.2, 0) is 24.5 Å². The first-order chi connectivity index (χ1) is 13.4. The highest BCUT2D eigenvalue weighted by atomic mass is 16.6. The summed E-state index contributed by atoms with van der Waals surface area (Å²) < 4.78 is 21.0. The number of benzene rings is 1. The molecule has 0 N–H and O–H groups in total. The molecule has 0 bridgehead atoms. The summed E-state index contributed by atoms with van der Waals surface area (Å²) in [6.45, 7) is 4.88. The Hall–Kier alpha value is -3.35. The zero-order valence-corrected chi connectivity index (χ0v) is 15.8. The van der Waals surface area contributed by atoms with Gasteiger partial charge in [0.25, 0.3) is 0 Å². The van der Waals surface area contributed by atoms with E-state index in [1.165, 1.54) is 37.8 Å². The van der Waals surface area contributed by atoms with Gasteiger partial charge < -0.3 is 18.3 Å². The van der Waals surface area contributed by atoms with E-state index in [0.29, 0.717) is 16.9 Å². The molecule has 2 aliphatic rings. The predicted octanol–water partition coefficient (Wildman–Crippen LogP) is 3.39. The molecule has 0 saturated carbocycles. The fraction of sp³-hybridized carbons (Fsp3) is 0.286. The normalized spacial score (nSPS) is 11.4. The van der Waals surface area contributed by atoms with Gasteiger partial charge in [0.1, 0.15) is 12.0 Å². The summed E-state index contributed by atoms with van der Waals surface area (Å²) in [5.74, 6) is -1.21. The molecule has 0 radical (unpaired) electrons. The Labute approximate surface area is 161 Å². The van der Waals surface area contributed by atoms with Crippen molar-refractivity contribution in [3.63, 3.8) is 0 Å². The first kappa shape index (κ1) is 19.4. The highest BCUT2D eigenvalue weighted by Crippen LogP contribution is 2.41. The van der Waals surface area contributed by atoms with Gasteiger partial charge in [0.05, 0.1) is 31.3 Å². The van der Waals surface area contributed by atoms with Crippen molar-refractivity contribution in [1.82, 2.24) is 0 Å². The Bertz CT molecular complexity index is 996. The quantitative estimate of drug-likeness (QED) is 0.475. The average molecular weight is 384 g/mol. The van der Waals surface area contributed by atoms with Crippen LogP contribution >= 0.6 is 0 Å². The molecule has 1 aromatic heterocycles. The molecule has 0 saturated heterocycles. The number of hydrogen-bond acceptors (Lipinski definition) is 7. The molecule has 146 valence electrons. The zero-order valence-electron chi connectivity index (χ0n) is 15.8. The predicted molar refractivity (Wildman–Crippen MR) is 99.9 cm³/mol. The minimum atomic E-state index is -1.82. The molecule has 28 heavy (non-hydrogen) atoms. The smallest absolute Gasteiger partial charge is 0.327 e. The van der Waals surface area contributed by atoms with Crippen LogP contribution in [0.3, 0.4) is 0 Å². The minimum Gasteiger partial charge on any atom is -0.472 e. The lowest BCUT2D eigenvalue weighted by Gasteiger charge is -2.29. The van der Waals surface area contributed by atoms with Gasteiger partial charge in [-0.2, -0.15) is 0 Å². The van der Waals surface area contributed by atoms with Gasteiger partial charge in [0.2, 0.25) is 0 Å². The molecule has 0 fully saturated rings. The van der Waals surface area contributed by atoms with Crippen LogP contribution in [0.15, 0.2) is 56.7 Å². The van der Waals surface area contributed by atoms with E-state index >= 15 is 0 Å². The van der Waals surface area contributed by atoms with Crippen molar-refractivity contribution < 1.29 is 27.9 Å². The van der Waals surface area contributed by atoms with Crippen LogP contribution in [-0.4, -0.2) is 25.2 Å². The number of carbonyl (C=O) groups is 2. The molecule has 2 heterocycles. The van der Waals surface area contributed by atoms with Crippen LogP contribution < -0.4 is 5.43 Å². The number of rotatable bonds is 6. The standard InChI is InChI=1S/C21H20O7/c1-4-26-19(23)21(3,20(24)27-5-2)18-13-8-10-25-12-15(13)16(22)11-14(18)17-7-6-9-28-17/h6-12H,4-5H2,1-3H3. The van der Waals surface area contributed by atoms with Crippen molar-refractivity contribution in [2.45, 2.75) is 26.2 Å². The van der Waals surface area contributed by atoms with Crippen LogP contribution in [0.2, 0.25) is 0 Å². The van der Waals surface area contributed by atoms with Crippen LogP contribution in [0.5, 0.6) is 0 Å². The first-order valence-corrected chi connectivity index (χ1v) is 8.87. The van der Waals surface area contributed by atoms with E-state index in [4.69, 9.17) is 18.3 Å². The molecule has 1 aliphatic heterocycles. The molecular weight excluding hydrogens is 364 g/mol. The second-order valence-corrected chi connectivity index (χ2v) is 6.22. The van der Waals surface area contributed by atoms with Crippen LogP contribution in [0.1, 0.15) is 26.3 Å². The van der Waals surface area contributed by atoms with Gasteiger partial charge in [0, 0.05) is 5.56 Å². The molecule has 0 spiro atoms. The van der Waals surface area contributed by atoms with Crippen molar-refractivity contribution in [1.29, 1.82) is 0 Å². The van der Waals surface area contributed by atoms with Crippen molar-refractivity contribution in [3.8, 4) is 22.5 Å². The Balaban J connectivity index is 2.43. The van der Waals surface area contributed by atoms with E-state index in [0.717, 1.165) is 0 Å². The molecule has 3 rings (SSSR count). The maximum atomic E-state index is 13.0. The molecule has 1 aromatic rings. The van der Waals surface area contributed by atoms with Gasteiger partial charge in [0.15, 0.2) is 10.8 Å². The van der Waals surface area contributed by atoms with Crippen LogP contribution in [0, 0.1) is 0 Å². The second-order valence-electron chi connectivity index (χ2n) is 6.22. The molecule has 1 aliphatic carbocycles. The summed E-state index contributed by atoms with van der Waals surface area (Å²) in [4.78, 5) is 38.6. The second kappa shape index (κ2) is 7.72. The third-order valence-corrected chi connectivity index (χ3v) is 4.52. The lowest BCUT2D eigenvalue weighted by Crippen LogP contribution is -2.45. The monoisotopic (exact) mass is 384 g/mol. The first-order valence-electron chi connectivity index (χ1n) is 8.87. The Morgan fingerprint density at radius 2 is 1.68 bits per heavy atom. The Kier molecular flexibility index (Phi) is 5.35. The van der Waals surface area contributed by atoms with E-state index < -0.39 is 17.4 Å². The van der Waals surface area contributed by atoms with Crippen molar-refractivity contribution >= 4 is 11.9 Å². The lowest BCUT2D eigenvalue weighted by atomic mass is 9.75. The topological polar surface area (TPSA) is 96.0 Å². The largest absolute Gasteiger partial charge is 0.472 e. The fourth-order valence-corrected chi connectivity index (χ4v) is 3.21. The van der Waals surface area contributed by atoms with Gasteiger partial charge in [-0.1, -0.05) is 0 Å². The van der Waals surface area contributed by atoms with Crippen LogP contribution in [0.25, 0.3) is 22.5 Å². The molecule has 7 nitrogen and oxygen atoms in total. The number of fused-ring (bicyclic) bond motifs is 1. The number of carbonyl (C=O) groups excluding carboxylic acids is 2. The maximum Gasteiger partial charge on any atom is 0.327 e. The van der Waals surface area contributed by atoms with Crippen molar-refractivity contribution in [2.75, 3.05) is 13.2 Å². The Morgan fingerprint density at radius 3 is 2.25 bits per heavy atom. The van der Waals surface area contributed by atoms with Gasteiger partial charge in [-0.25, -0.2) is 0 Å². The third kappa shape index (κ3) is 3.09. The van der Waals surface area contributed by atoms with Gasteiger partial charge in [-0.3, -0.25) is 14.4 Å². The van der Waals surface area contributed by atoms with E-state index in [-0.39, 0.29) is 29.8 Å². The van der Waals surface area contributed by atoms with Gasteiger partial charge in [-0.15, -0.1) is 0 Å². The Morgan fingerprint density at radius 1 is 1.00 bits per heavy atom. The summed E-state index contributed by atoms with van der Waals surface area (Å²) in [6, 6.07) is 6.16. The molecule has 7 heteroatoms. The average Bonchev–Trinajstić information content (AvgIpc) is 3.22.